The first-order chi connectivity index (χ1) is 16.1. The lowest BCUT2D eigenvalue weighted by molar-refractivity contribution is 0.000832. The lowest BCUT2D eigenvalue weighted by Gasteiger charge is -2.50. The Morgan fingerprint density at radius 1 is 0.686 bits per heavy atom. The molecular formula is C32H63N3. The predicted octanol–water partition coefficient (Wildman–Crippen LogP) is 7.41. The molecule has 0 amide bonds. The molecule has 35 heavy (non-hydrogen) atoms. The average Bonchev–Trinajstić information content (AvgIpc) is 2.76. The van der Waals surface area contributed by atoms with Gasteiger partial charge in [0.15, 0.2) is 0 Å². The minimum atomic E-state index is 0.427. The molecule has 0 spiro atoms. The molecule has 3 nitrogen and oxygen atoms in total. The molecule has 0 N–H and O–H groups in total. The summed E-state index contributed by atoms with van der Waals surface area (Å²) in [7, 11) is 7.13. The van der Waals surface area contributed by atoms with Crippen molar-refractivity contribution in [3.05, 3.63) is 0 Å². The van der Waals surface area contributed by atoms with Crippen LogP contribution >= 0.6 is 0 Å². The quantitative estimate of drug-likeness (QED) is 0.369. The van der Waals surface area contributed by atoms with E-state index in [1.807, 2.05) is 0 Å². The van der Waals surface area contributed by atoms with Crippen LogP contribution in [-0.4, -0.2) is 73.6 Å². The largest absolute Gasteiger partial charge is 0.306 e. The average molecular weight is 490 g/mol. The summed E-state index contributed by atoms with van der Waals surface area (Å²) in [6.07, 6.45) is 12.5. The second kappa shape index (κ2) is 11.3. The highest BCUT2D eigenvalue weighted by Gasteiger charge is 2.42. The molecule has 3 aliphatic rings. The summed E-state index contributed by atoms with van der Waals surface area (Å²) < 4.78 is 0. The lowest BCUT2D eigenvalue weighted by atomic mass is 9.64. The zero-order valence-corrected chi connectivity index (χ0v) is 25.8. The lowest BCUT2D eigenvalue weighted by Crippen LogP contribution is -2.52. The smallest absolute Gasteiger partial charge is 0.0113 e. The highest BCUT2D eigenvalue weighted by Crippen LogP contribution is 2.47. The minimum Gasteiger partial charge on any atom is -0.306 e. The summed E-state index contributed by atoms with van der Waals surface area (Å²) in [4.78, 5) is 8.01. The first kappa shape index (κ1) is 29.4. The van der Waals surface area contributed by atoms with Crippen molar-refractivity contribution in [1.29, 1.82) is 0 Å². The van der Waals surface area contributed by atoms with Crippen LogP contribution in [0.4, 0.5) is 0 Å². The molecule has 3 heterocycles. The van der Waals surface area contributed by atoms with Gasteiger partial charge in [-0.25, -0.2) is 0 Å². The number of nitrogens with zero attached hydrogens (tertiary/aromatic N) is 3. The number of likely N-dealkylation sites (tertiary alicyclic amines) is 3. The number of hydrogen-bond acceptors (Lipinski definition) is 3. The molecule has 3 fully saturated rings. The predicted molar refractivity (Wildman–Crippen MR) is 154 cm³/mol. The summed E-state index contributed by atoms with van der Waals surface area (Å²) >= 11 is 0. The molecule has 3 saturated heterocycles. The molecule has 6 atom stereocenters. The zero-order valence-electron chi connectivity index (χ0n) is 25.8. The maximum absolute atomic E-state index is 2.73. The molecule has 3 heteroatoms. The van der Waals surface area contributed by atoms with E-state index >= 15 is 0 Å². The van der Waals surface area contributed by atoms with E-state index in [2.05, 4.69) is 91.2 Å². The van der Waals surface area contributed by atoms with Crippen molar-refractivity contribution in [2.24, 2.45) is 34.0 Å². The van der Waals surface area contributed by atoms with Gasteiger partial charge in [-0.15, -0.1) is 0 Å². The van der Waals surface area contributed by atoms with Crippen molar-refractivity contribution in [3.8, 4) is 0 Å². The zero-order chi connectivity index (χ0) is 26.2. The molecule has 0 saturated carbocycles. The molecule has 0 radical (unpaired) electrons. The van der Waals surface area contributed by atoms with E-state index in [0.29, 0.717) is 22.3 Å². The Morgan fingerprint density at radius 2 is 1.29 bits per heavy atom. The van der Waals surface area contributed by atoms with Crippen LogP contribution in [0.2, 0.25) is 0 Å². The van der Waals surface area contributed by atoms with Crippen LogP contribution in [0, 0.1) is 34.0 Å². The summed E-state index contributed by atoms with van der Waals surface area (Å²) in [6.45, 7) is 24.1. The van der Waals surface area contributed by atoms with Gasteiger partial charge in [0.25, 0.3) is 0 Å². The van der Waals surface area contributed by atoms with Crippen LogP contribution in [-0.2, 0) is 0 Å². The molecule has 3 aliphatic heterocycles. The molecule has 206 valence electrons. The van der Waals surface area contributed by atoms with Gasteiger partial charge < -0.3 is 14.7 Å². The Labute approximate surface area is 220 Å². The molecule has 0 aliphatic carbocycles. The van der Waals surface area contributed by atoms with E-state index < -0.39 is 0 Å². The Balaban J connectivity index is 1.61. The molecule has 0 bridgehead atoms. The fourth-order valence-electron chi connectivity index (χ4n) is 7.82. The Kier molecular flexibility index (Phi) is 9.52. The second-order valence-electron chi connectivity index (χ2n) is 15.9. The Bertz CT molecular complexity index is 662. The third-order valence-corrected chi connectivity index (χ3v) is 11.5. The Hall–Kier alpha value is -0.120. The van der Waals surface area contributed by atoms with Crippen molar-refractivity contribution >= 4 is 0 Å². The monoisotopic (exact) mass is 490 g/mol. The van der Waals surface area contributed by atoms with Crippen molar-refractivity contribution in [2.45, 2.75) is 131 Å². The normalized spacial score (nSPS) is 35.4. The summed E-state index contributed by atoms with van der Waals surface area (Å²) in [5.74, 6) is 2.57. The first-order valence-corrected chi connectivity index (χ1v) is 15.2. The summed E-state index contributed by atoms with van der Waals surface area (Å²) in [5.41, 5.74) is 1.33. The van der Waals surface area contributed by atoms with E-state index in [9.17, 15) is 0 Å². The molecular weight excluding hydrogens is 426 g/mol. The minimum absolute atomic E-state index is 0.427. The third kappa shape index (κ3) is 7.47. The molecule has 0 aromatic heterocycles. The molecule has 0 aromatic rings. The summed E-state index contributed by atoms with van der Waals surface area (Å²) in [6, 6.07) is 2.19. The fraction of sp³-hybridized carbons (Fsp3) is 1.00. The van der Waals surface area contributed by atoms with Gasteiger partial charge in [0.1, 0.15) is 0 Å². The molecule has 3 rings (SSSR count). The first-order valence-electron chi connectivity index (χ1n) is 15.2. The standard InChI is InChI=1S/C32H63N3/c1-24-19-27(30(2,3)4)21-29(35(24)11)22-28-20-25(14-18-34(28)10)31(5,6)15-16-32(7,8)26-13-12-17-33(9)23-26/h24-29H,12-23H2,1-11H3. The van der Waals surface area contributed by atoms with Gasteiger partial charge >= 0.3 is 0 Å². The van der Waals surface area contributed by atoms with Gasteiger partial charge in [-0.1, -0.05) is 48.5 Å². The van der Waals surface area contributed by atoms with Gasteiger partial charge in [-0.3, -0.25) is 0 Å². The highest BCUT2D eigenvalue weighted by atomic mass is 15.2. The van der Waals surface area contributed by atoms with E-state index in [4.69, 9.17) is 0 Å². The summed E-state index contributed by atoms with van der Waals surface area (Å²) in [5, 5.41) is 0. The maximum Gasteiger partial charge on any atom is 0.0113 e. The number of rotatable bonds is 7. The van der Waals surface area contributed by atoms with E-state index in [-0.39, 0.29) is 0 Å². The molecule has 0 aromatic carbocycles. The van der Waals surface area contributed by atoms with Crippen LogP contribution in [0.5, 0.6) is 0 Å². The van der Waals surface area contributed by atoms with Crippen LogP contribution < -0.4 is 0 Å². The number of hydrogen-bond donors (Lipinski definition) is 0. The van der Waals surface area contributed by atoms with Crippen LogP contribution in [0.1, 0.15) is 113 Å². The van der Waals surface area contributed by atoms with Crippen LogP contribution in [0.15, 0.2) is 0 Å². The maximum atomic E-state index is 2.73. The highest BCUT2D eigenvalue weighted by molar-refractivity contribution is 4.95. The topological polar surface area (TPSA) is 9.72 Å². The fourth-order valence-corrected chi connectivity index (χ4v) is 7.82. The van der Waals surface area contributed by atoms with E-state index in [1.54, 1.807) is 0 Å². The second-order valence-corrected chi connectivity index (χ2v) is 15.9. The number of piperidine rings is 3. The van der Waals surface area contributed by atoms with Crippen molar-refractivity contribution in [1.82, 2.24) is 14.7 Å². The van der Waals surface area contributed by atoms with E-state index in [0.717, 1.165) is 29.8 Å². The van der Waals surface area contributed by atoms with Gasteiger partial charge in [0.05, 0.1) is 0 Å². The molecule has 6 unspecified atom stereocenters. The van der Waals surface area contributed by atoms with Crippen LogP contribution in [0.25, 0.3) is 0 Å². The van der Waals surface area contributed by atoms with Gasteiger partial charge in [0.2, 0.25) is 0 Å². The van der Waals surface area contributed by atoms with Crippen LogP contribution in [0.3, 0.4) is 0 Å². The third-order valence-electron chi connectivity index (χ3n) is 11.5. The van der Waals surface area contributed by atoms with Crippen molar-refractivity contribution < 1.29 is 0 Å². The van der Waals surface area contributed by atoms with Gasteiger partial charge in [-0.05, 0) is 133 Å². The van der Waals surface area contributed by atoms with E-state index in [1.165, 1.54) is 77.4 Å². The Morgan fingerprint density at radius 3 is 1.89 bits per heavy atom. The van der Waals surface area contributed by atoms with Gasteiger partial charge in [-0.2, -0.15) is 0 Å². The van der Waals surface area contributed by atoms with Crippen molar-refractivity contribution in [3.63, 3.8) is 0 Å². The van der Waals surface area contributed by atoms with Gasteiger partial charge in [0, 0.05) is 24.7 Å². The van der Waals surface area contributed by atoms with Crippen molar-refractivity contribution in [2.75, 3.05) is 40.8 Å². The SMILES string of the molecule is CC1CC(C(C)(C)C)CC(CC2CC(C(C)(C)CCC(C)(C)C3CCCN(C)C3)CCN2C)N1C.